The highest BCUT2D eigenvalue weighted by Gasteiger charge is 2.28. The first kappa shape index (κ1) is 15.8. The van der Waals surface area contributed by atoms with Gasteiger partial charge >= 0.3 is 0 Å². The lowest BCUT2D eigenvalue weighted by Gasteiger charge is -2.34. The fourth-order valence-corrected chi connectivity index (χ4v) is 3.60. The quantitative estimate of drug-likeness (QED) is 0.807. The first-order valence-electron chi connectivity index (χ1n) is 8.45. The Balaban J connectivity index is 1.68. The molecule has 1 heterocycles. The number of hydrogen-bond donors (Lipinski definition) is 2. The molecular formula is C16H31N3O. The second kappa shape index (κ2) is 7.99. The minimum absolute atomic E-state index is 0.242. The van der Waals surface area contributed by atoms with Gasteiger partial charge in [0.1, 0.15) is 0 Å². The lowest BCUT2D eigenvalue weighted by Crippen LogP contribution is -2.46. The Morgan fingerprint density at radius 1 is 1.15 bits per heavy atom. The van der Waals surface area contributed by atoms with Gasteiger partial charge in [-0.15, -0.1) is 0 Å². The van der Waals surface area contributed by atoms with Crippen LogP contribution >= 0.6 is 0 Å². The molecule has 2 fully saturated rings. The van der Waals surface area contributed by atoms with Gasteiger partial charge in [0.2, 0.25) is 5.91 Å². The lowest BCUT2D eigenvalue weighted by atomic mass is 9.81. The summed E-state index contributed by atoms with van der Waals surface area (Å²) >= 11 is 0. The average Bonchev–Trinajstić information content (AvgIpc) is 2.49. The van der Waals surface area contributed by atoms with E-state index >= 15 is 0 Å². The summed E-state index contributed by atoms with van der Waals surface area (Å²) in [6.07, 6.45) is 7.77. The maximum atomic E-state index is 12.3. The molecule has 4 nitrogen and oxygen atoms in total. The second-order valence-corrected chi connectivity index (χ2v) is 6.58. The molecule has 0 atom stereocenters. The van der Waals surface area contributed by atoms with Crippen LogP contribution in [0.2, 0.25) is 0 Å². The van der Waals surface area contributed by atoms with Crippen molar-refractivity contribution >= 4 is 5.91 Å². The van der Waals surface area contributed by atoms with Crippen LogP contribution in [0.15, 0.2) is 0 Å². The van der Waals surface area contributed by atoms with E-state index in [0.717, 1.165) is 58.2 Å². The maximum Gasteiger partial charge on any atom is 0.223 e. The molecule has 1 aliphatic carbocycles. The third kappa shape index (κ3) is 4.45. The van der Waals surface area contributed by atoms with Gasteiger partial charge in [-0.05, 0) is 64.0 Å². The fourth-order valence-electron chi connectivity index (χ4n) is 3.60. The molecule has 0 aromatic carbocycles. The van der Waals surface area contributed by atoms with Gasteiger partial charge in [0.05, 0.1) is 0 Å². The normalized spacial score (nSPS) is 29.3. The fraction of sp³-hybridized carbons (Fsp3) is 0.938. The first-order valence-corrected chi connectivity index (χ1v) is 8.45. The highest BCUT2D eigenvalue weighted by Crippen LogP contribution is 2.28. The Morgan fingerprint density at radius 3 is 2.35 bits per heavy atom. The van der Waals surface area contributed by atoms with Crippen molar-refractivity contribution in [2.45, 2.75) is 57.9 Å². The summed E-state index contributed by atoms with van der Waals surface area (Å²) in [5.41, 5.74) is 5.71. The third-order valence-corrected chi connectivity index (χ3v) is 5.02. The number of nitrogens with two attached hydrogens (primary N) is 1. The van der Waals surface area contributed by atoms with Gasteiger partial charge in [-0.2, -0.15) is 0 Å². The van der Waals surface area contributed by atoms with Gasteiger partial charge in [0, 0.05) is 25.0 Å². The Hall–Kier alpha value is -0.610. The van der Waals surface area contributed by atoms with Crippen molar-refractivity contribution in [1.82, 2.24) is 10.2 Å². The minimum Gasteiger partial charge on any atom is -0.353 e. The van der Waals surface area contributed by atoms with E-state index in [9.17, 15) is 4.79 Å². The highest BCUT2D eigenvalue weighted by atomic mass is 16.1. The zero-order valence-electron chi connectivity index (χ0n) is 12.9. The van der Waals surface area contributed by atoms with Crippen LogP contribution in [0.5, 0.6) is 0 Å². The van der Waals surface area contributed by atoms with E-state index in [1.807, 2.05) is 0 Å². The molecule has 0 radical (unpaired) electrons. The van der Waals surface area contributed by atoms with Gasteiger partial charge in [0.25, 0.3) is 0 Å². The van der Waals surface area contributed by atoms with Crippen LogP contribution in [0.4, 0.5) is 0 Å². The Kier molecular flexibility index (Phi) is 6.30. The SMILES string of the molecule is CCCN1CCC(NC(=O)C2CCC(CN)CC2)CC1. The minimum atomic E-state index is 0.242. The second-order valence-electron chi connectivity index (χ2n) is 6.58. The van der Waals surface area contributed by atoms with Crippen LogP contribution < -0.4 is 11.1 Å². The zero-order chi connectivity index (χ0) is 14.4. The number of nitrogens with zero attached hydrogens (tertiary/aromatic N) is 1. The molecule has 2 aliphatic rings. The largest absolute Gasteiger partial charge is 0.353 e. The molecule has 0 unspecified atom stereocenters. The monoisotopic (exact) mass is 281 g/mol. The zero-order valence-corrected chi connectivity index (χ0v) is 12.9. The van der Waals surface area contributed by atoms with E-state index < -0.39 is 0 Å². The number of piperidine rings is 1. The predicted octanol–water partition coefficient (Wildman–Crippen LogP) is 1.74. The van der Waals surface area contributed by atoms with Crippen LogP contribution in [0.1, 0.15) is 51.9 Å². The molecule has 1 aliphatic heterocycles. The highest BCUT2D eigenvalue weighted by molar-refractivity contribution is 5.79. The van der Waals surface area contributed by atoms with Crippen molar-refractivity contribution < 1.29 is 4.79 Å². The van der Waals surface area contributed by atoms with Crippen LogP contribution in [-0.2, 0) is 4.79 Å². The molecule has 0 aromatic rings. The number of carbonyl (C=O) groups excluding carboxylic acids is 1. The van der Waals surface area contributed by atoms with Crippen LogP contribution in [0, 0.1) is 11.8 Å². The molecule has 1 amide bonds. The molecule has 0 bridgehead atoms. The van der Waals surface area contributed by atoms with Crippen LogP contribution in [0.3, 0.4) is 0 Å². The topological polar surface area (TPSA) is 58.4 Å². The molecule has 3 N–H and O–H groups in total. The number of likely N-dealkylation sites (tertiary alicyclic amines) is 1. The number of rotatable bonds is 5. The molecule has 116 valence electrons. The van der Waals surface area contributed by atoms with Gasteiger partial charge in [0.15, 0.2) is 0 Å². The van der Waals surface area contributed by atoms with Gasteiger partial charge < -0.3 is 16.0 Å². The number of carbonyl (C=O) groups is 1. The van der Waals surface area contributed by atoms with Crippen molar-refractivity contribution in [2.75, 3.05) is 26.2 Å². The lowest BCUT2D eigenvalue weighted by molar-refractivity contribution is -0.127. The molecule has 20 heavy (non-hydrogen) atoms. The summed E-state index contributed by atoms with van der Waals surface area (Å²) in [5, 5.41) is 3.29. The summed E-state index contributed by atoms with van der Waals surface area (Å²) in [6, 6.07) is 0.405. The summed E-state index contributed by atoms with van der Waals surface area (Å²) < 4.78 is 0. The van der Waals surface area contributed by atoms with E-state index in [4.69, 9.17) is 5.73 Å². The predicted molar refractivity (Wildman–Crippen MR) is 82.4 cm³/mol. The number of hydrogen-bond acceptors (Lipinski definition) is 3. The molecule has 1 saturated heterocycles. The third-order valence-electron chi connectivity index (χ3n) is 5.02. The average molecular weight is 281 g/mol. The van der Waals surface area contributed by atoms with Crippen LogP contribution in [-0.4, -0.2) is 43.0 Å². The van der Waals surface area contributed by atoms with Gasteiger partial charge in [-0.25, -0.2) is 0 Å². The van der Waals surface area contributed by atoms with E-state index in [1.54, 1.807) is 0 Å². The molecule has 2 rings (SSSR count). The maximum absolute atomic E-state index is 12.3. The van der Waals surface area contributed by atoms with Crippen molar-refractivity contribution in [2.24, 2.45) is 17.6 Å². The Labute approximate surface area is 123 Å². The Bertz CT molecular complexity index is 292. The van der Waals surface area contributed by atoms with Gasteiger partial charge in [-0.1, -0.05) is 6.92 Å². The summed E-state index contributed by atoms with van der Waals surface area (Å²) in [4.78, 5) is 14.8. The van der Waals surface area contributed by atoms with Crippen molar-refractivity contribution in [1.29, 1.82) is 0 Å². The molecule has 4 heteroatoms. The van der Waals surface area contributed by atoms with E-state index in [2.05, 4.69) is 17.1 Å². The van der Waals surface area contributed by atoms with E-state index in [1.165, 1.54) is 13.0 Å². The molecule has 0 spiro atoms. The summed E-state index contributed by atoms with van der Waals surface area (Å²) in [5.74, 6) is 1.19. The van der Waals surface area contributed by atoms with Crippen molar-refractivity contribution in [3.63, 3.8) is 0 Å². The smallest absolute Gasteiger partial charge is 0.223 e. The van der Waals surface area contributed by atoms with E-state index in [0.29, 0.717) is 17.9 Å². The number of nitrogens with one attached hydrogen (secondary N) is 1. The molecule has 1 saturated carbocycles. The van der Waals surface area contributed by atoms with Crippen molar-refractivity contribution in [3.8, 4) is 0 Å². The van der Waals surface area contributed by atoms with E-state index in [-0.39, 0.29) is 5.92 Å². The first-order chi connectivity index (χ1) is 9.72. The summed E-state index contributed by atoms with van der Waals surface area (Å²) in [7, 11) is 0. The van der Waals surface area contributed by atoms with Crippen LogP contribution in [0.25, 0.3) is 0 Å². The summed E-state index contributed by atoms with van der Waals surface area (Å²) in [6.45, 7) is 6.48. The number of amides is 1. The Morgan fingerprint density at radius 2 is 1.80 bits per heavy atom. The molecular weight excluding hydrogens is 250 g/mol. The molecule has 0 aromatic heterocycles. The van der Waals surface area contributed by atoms with Gasteiger partial charge in [-0.3, -0.25) is 4.79 Å². The standard InChI is InChI=1S/C16H31N3O/c1-2-9-19-10-7-15(8-11-19)18-16(20)14-5-3-13(12-17)4-6-14/h13-15H,2-12,17H2,1H3,(H,18,20). The van der Waals surface area contributed by atoms with Crippen molar-refractivity contribution in [3.05, 3.63) is 0 Å².